The minimum atomic E-state index is -0.0431. The van der Waals surface area contributed by atoms with Crippen LogP contribution in [0.2, 0.25) is 0 Å². The molecule has 2 aromatic carbocycles. The summed E-state index contributed by atoms with van der Waals surface area (Å²) >= 11 is 0. The molecule has 1 N–H and O–H groups in total. The van der Waals surface area contributed by atoms with E-state index in [4.69, 9.17) is 4.74 Å². The van der Waals surface area contributed by atoms with Crippen molar-refractivity contribution >= 4 is 11.8 Å². The van der Waals surface area contributed by atoms with E-state index in [1.54, 1.807) is 0 Å². The third-order valence-corrected chi connectivity index (χ3v) is 4.77. The van der Waals surface area contributed by atoms with Crippen LogP contribution in [0.15, 0.2) is 60.7 Å². The van der Waals surface area contributed by atoms with E-state index in [-0.39, 0.29) is 17.9 Å². The lowest BCUT2D eigenvalue weighted by atomic mass is 10.0. The van der Waals surface area contributed by atoms with Crippen LogP contribution in [0, 0.1) is 0 Å². The fraction of sp³-hybridized carbons (Fsp3) is 0.364. The molecule has 0 radical (unpaired) electrons. The van der Waals surface area contributed by atoms with Crippen LogP contribution in [0.25, 0.3) is 0 Å². The predicted molar refractivity (Wildman–Crippen MR) is 105 cm³/mol. The maximum absolute atomic E-state index is 12.3. The number of benzene rings is 2. The number of nitrogens with one attached hydrogen (secondary N) is 1. The smallest absolute Gasteiger partial charge is 0.251 e. The Morgan fingerprint density at radius 2 is 1.59 bits per heavy atom. The van der Waals surface area contributed by atoms with E-state index in [0.717, 1.165) is 18.6 Å². The molecule has 0 atom stereocenters. The van der Waals surface area contributed by atoms with Gasteiger partial charge in [-0.1, -0.05) is 36.4 Å². The number of ether oxygens (including phenoxy) is 1. The number of amides is 2. The number of nitrogens with zero attached hydrogens (tertiary/aromatic N) is 1. The Balaban J connectivity index is 1.33. The molecule has 1 saturated heterocycles. The highest BCUT2D eigenvalue weighted by Gasteiger charge is 2.23. The average molecular weight is 366 g/mol. The Morgan fingerprint density at radius 3 is 2.26 bits per heavy atom. The van der Waals surface area contributed by atoms with Gasteiger partial charge in [-0.25, -0.2) is 0 Å². The summed E-state index contributed by atoms with van der Waals surface area (Å²) < 4.78 is 5.63. The molecule has 1 heterocycles. The van der Waals surface area contributed by atoms with Crippen molar-refractivity contribution in [3.8, 4) is 5.75 Å². The van der Waals surface area contributed by atoms with E-state index in [0.29, 0.717) is 38.1 Å². The second-order valence-corrected chi connectivity index (χ2v) is 6.76. The minimum absolute atomic E-state index is 0.0431. The van der Waals surface area contributed by atoms with Crippen molar-refractivity contribution in [2.24, 2.45) is 0 Å². The normalized spacial score (nSPS) is 14.6. The molecule has 0 spiro atoms. The summed E-state index contributed by atoms with van der Waals surface area (Å²) in [5, 5.41) is 3.07. The van der Waals surface area contributed by atoms with Crippen LogP contribution < -0.4 is 10.1 Å². The zero-order valence-corrected chi connectivity index (χ0v) is 15.5. The van der Waals surface area contributed by atoms with Gasteiger partial charge in [-0.05, 0) is 43.5 Å². The fourth-order valence-electron chi connectivity index (χ4n) is 3.22. The summed E-state index contributed by atoms with van der Waals surface area (Å²) in [5.74, 6) is 0.956. The van der Waals surface area contributed by atoms with Gasteiger partial charge in [0, 0.05) is 31.1 Å². The molecule has 2 aromatic rings. The zero-order valence-electron chi connectivity index (χ0n) is 15.5. The second-order valence-electron chi connectivity index (χ2n) is 6.76. The van der Waals surface area contributed by atoms with Crippen molar-refractivity contribution in [1.29, 1.82) is 0 Å². The summed E-state index contributed by atoms with van der Waals surface area (Å²) in [5.41, 5.74) is 0.675. The van der Waals surface area contributed by atoms with Crippen molar-refractivity contribution in [2.75, 3.05) is 19.7 Å². The van der Waals surface area contributed by atoms with Gasteiger partial charge in [0.05, 0.1) is 6.61 Å². The van der Waals surface area contributed by atoms with Gasteiger partial charge in [0.2, 0.25) is 5.91 Å². The number of carbonyl (C=O) groups is 2. The van der Waals surface area contributed by atoms with Gasteiger partial charge in [-0.3, -0.25) is 9.59 Å². The van der Waals surface area contributed by atoms with Crippen LogP contribution in [0.5, 0.6) is 5.75 Å². The van der Waals surface area contributed by atoms with Crippen molar-refractivity contribution < 1.29 is 14.3 Å². The van der Waals surface area contributed by atoms with Crippen molar-refractivity contribution in [1.82, 2.24) is 10.2 Å². The summed E-state index contributed by atoms with van der Waals surface area (Å²) in [4.78, 5) is 26.5. The molecule has 5 heteroatoms. The van der Waals surface area contributed by atoms with E-state index < -0.39 is 0 Å². The Hall–Kier alpha value is -2.82. The molecule has 5 nitrogen and oxygen atoms in total. The molecular formula is C22H26N2O3. The van der Waals surface area contributed by atoms with Gasteiger partial charge in [0.15, 0.2) is 0 Å². The number of rotatable bonds is 7. The van der Waals surface area contributed by atoms with Gasteiger partial charge in [0.1, 0.15) is 5.75 Å². The highest BCUT2D eigenvalue weighted by molar-refractivity contribution is 5.94. The quantitative estimate of drug-likeness (QED) is 0.765. The fourth-order valence-corrected chi connectivity index (χ4v) is 3.22. The molecule has 0 aromatic heterocycles. The van der Waals surface area contributed by atoms with Gasteiger partial charge in [0.25, 0.3) is 5.91 Å². The summed E-state index contributed by atoms with van der Waals surface area (Å²) in [6, 6.07) is 19.0. The number of carbonyl (C=O) groups excluding carboxylic acids is 2. The van der Waals surface area contributed by atoms with Crippen LogP contribution in [0.3, 0.4) is 0 Å². The largest absolute Gasteiger partial charge is 0.494 e. The van der Waals surface area contributed by atoms with Gasteiger partial charge in [-0.15, -0.1) is 0 Å². The zero-order chi connectivity index (χ0) is 18.9. The third-order valence-electron chi connectivity index (χ3n) is 4.77. The number of piperidine rings is 1. The van der Waals surface area contributed by atoms with Crippen LogP contribution >= 0.6 is 0 Å². The lowest BCUT2D eigenvalue weighted by Gasteiger charge is -2.32. The number of hydrogen-bond acceptors (Lipinski definition) is 3. The molecule has 0 aliphatic carbocycles. The maximum Gasteiger partial charge on any atom is 0.251 e. The predicted octanol–water partition coefficient (Wildman–Crippen LogP) is 3.27. The SMILES string of the molecule is O=C(NC1CCN(C(=O)CCCOc2ccccc2)CC1)c1ccccc1. The Labute approximate surface area is 160 Å². The number of hydrogen-bond donors (Lipinski definition) is 1. The van der Waals surface area contributed by atoms with Crippen molar-refractivity contribution in [3.63, 3.8) is 0 Å². The molecule has 2 amide bonds. The number of likely N-dealkylation sites (tertiary alicyclic amines) is 1. The summed E-state index contributed by atoms with van der Waals surface area (Å²) in [6.45, 7) is 1.93. The van der Waals surface area contributed by atoms with Gasteiger partial charge < -0.3 is 15.0 Å². The highest BCUT2D eigenvalue weighted by atomic mass is 16.5. The molecule has 0 saturated carbocycles. The van der Waals surface area contributed by atoms with E-state index in [1.807, 2.05) is 65.6 Å². The Bertz CT molecular complexity index is 726. The van der Waals surface area contributed by atoms with E-state index in [1.165, 1.54) is 0 Å². The average Bonchev–Trinajstić information content (AvgIpc) is 2.73. The van der Waals surface area contributed by atoms with Crippen LogP contribution in [-0.4, -0.2) is 42.5 Å². The second kappa shape index (κ2) is 9.76. The van der Waals surface area contributed by atoms with Crippen LogP contribution in [0.4, 0.5) is 0 Å². The summed E-state index contributed by atoms with van der Waals surface area (Å²) in [6.07, 6.45) is 2.79. The first-order chi connectivity index (χ1) is 13.2. The molecule has 142 valence electrons. The molecule has 3 rings (SSSR count). The Morgan fingerprint density at radius 1 is 0.963 bits per heavy atom. The van der Waals surface area contributed by atoms with Crippen LogP contribution in [0.1, 0.15) is 36.0 Å². The first-order valence-corrected chi connectivity index (χ1v) is 9.54. The first-order valence-electron chi connectivity index (χ1n) is 9.54. The number of para-hydroxylation sites is 1. The highest BCUT2D eigenvalue weighted by Crippen LogP contribution is 2.14. The van der Waals surface area contributed by atoms with E-state index in [2.05, 4.69) is 5.32 Å². The van der Waals surface area contributed by atoms with Crippen molar-refractivity contribution in [3.05, 3.63) is 66.2 Å². The monoisotopic (exact) mass is 366 g/mol. The van der Waals surface area contributed by atoms with E-state index in [9.17, 15) is 9.59 Å². The van der Waals surface area contributed by atoms with Gasteiger partial charge >= 0.3 is 0 Å². The maximum atomic E-state index is 12.3. The topological polar surface area (TPSA) is 58.6 Å². The van der Waals surface area contributed by atoms with Gasteiger partial charge in [-0.2, -0.15) is 0 Å². The minimum Gasteiger partial charge on any atom is -0.494 e. The van der Waals surface area contributed by atoms with Crippen molar-refractivity contribution in [2.45, 2.75) is 31.7 Å². The standard InChI is InChI=1S/C22H26N2O3/c25-21(12-7-17-27-20-10-5-2-6-11-20)24-15-13-19(14-16-24)23-22(26)18-8-3-1-4-9-18/h1-6,8-11,19H,7,12-17H2,(H,23,26). The summed E-state index contributed by atoms with van der Waals surface area (Å²) in [7, 11) is 0. The molecule has 1 aliphatic heterocycles. The third kappa shape index (κ3) is 5.84. The molecule has 0 unspecified atom stereocenters. The first kappa shape index (κ1) is 19.0. The molecule has 1 aliphatic rings. The lowest BCUT2D eigenvalue weighted by molar-refractivity contribution is -0.132. The molecule has 1 fully saturated rings. The Kier molecular flexibility index (Phi) is 6.85. The molecule has 27 heavy (non-hydrogen) atoms. The molecule has 0 bridgehead atoms. The molecular weight excluding hydrogens is 340 g/mol. The van der Waals surface area contributed by atoms with Crippen LogP contribution in [-0.2, 0) is 4.79 Å². The van der Waals surface area contributed by atoms with E-state index >= 15 is 0 Å². The lowest BCUT2D eigenvalue weighted by Crippen LogP contribution is -2.46.